The van der Waals surface area contributed by atoms with Gasteiger partial charge in [-0.05, 0) is 31.7 Å². The molecule has 0 spiro atoms. The fourth-order valence-corrected chi connectivity index (χ4v) is 1.91. The number of hydrogen-bond donors (Lipinski definition) is 1. The summed E-state index contributed by atoms with van der Waals surface area (Å²) in [5.41, 5.74) is 6.60. The quantitative estimate of drug-likeness (QED) is 0.804. The van der Waals surface area contributed by atoms with Gasteiger partial charge in [0.2, 0.25) is 0 Å². The van der Waals surface area contributed by atoms with Crippen molar-refractivity contribution in [1.29, 1.82) is 0 Å². The fourth-order valence-electron chi connectivity index (χ4n) is 1.91. The Balaban J connectivity index is 2.23. The van der Waals surface area contributed by atoms with Crippen molar-refractivity contribution < 1.29 is 9.53 Å². The topological polar surface area (TPSA) is 68.5 Å². The van der Waals surface area contributed by atoms with Crippen LogP contribution in [0.2, 0.25) is 0 Å². The van der Waals surface area contributed by atoms with Crippen molar-refractivity contribution in [2.75, 3.05) is 30.8 Å². The molecule has 1 heterocycles. The van der Waals surface area contributed by atoms with Gasteiger partial charge in [0, 0.05) is 13.6 Å². The van der Waals surface area contributed by atoms with Crippen molar-refractivity contribution in [1.82, 2.24) is 4.98 Å². The second-order valence-corrected chi connectivity index (χ2v) is 4.68. The molecule has 2 N–H and O–H groups in total. The molecule has 0 unspecified atom stereocenters. The number of nitrogens with two attached hydrogens (primary N) is 1. The first-order chi connectivity index (χ1) is 8.61. The van der Waals surface area contributed by atoms with Gasteiger partial charge in [-0.25, -0.2) is 9.78 Å². The second kappa shape index (κ2) is 5.25. The van der Waals surface area contributed by atoms with Gasteiger partial charge in [0.1, 0.15) is 11.4 Å². The molecule has 2 rings (SSSR count). The van der Waals surface area contributed by atoms with Crippen LogP contribution in [-0.4, -0.2) is 31.2 Å². The van der Waals surface area contributed by atoms with Crippen molar-refractivity contribution in [3.05, 3.63) is 17.8 Å². The van der Waals surface area contributed by atoms with E-state index in [9.17, 15) is 4.79 Å². The maximum atomic E-state index is 11.9. The summed E-state index contributed by atoms with van der Waals surface area (Å²) >= 11 is 0. The predicted octanol–water partition coefficient (Wildman–Crippen LogP) is 1.69. The van der Waals surface area contributed by atoms with Crippen LogP contribution in [0.4, 0.5) is 11.5 Å². The van der Waals surface area contributed by atoms with Crippen LogP contribution in [-0.2, 0) is 4.74 Å². The molecule has 5 heteroatoms. The molecule has 0 atom stereocenters. The van der Waals surface area contributed by atoms with E-state index >= 15 is 0 Å². The highest BCUT2D eigenvalue weighted by atomic mass is 16.5. The van der Waals surface area contributed by atoms with Crippen LogP contribution >= 0.6 is 0 Å². The molecule has 1 aromatic rings. The Hall–Kier alpha value is -1.78. The second-order valence-electron chi connectivity index (χ2n) is 4.68. The molecule has 1 saturated carbocycles. The van der Waals surface area contributed by atoms with E-state index in [0.717, 1.165) is 12.5 Å². The van der Waals surface area contributed by atoms with Crippen molar-refractivity contribution in [2.24, 2.45) is 5.92 Å². The lowest BCUT2D eigenvalue weighted by Crippen LogP contribution is -2.24. The third-order valence-electron chi connectivity index (χ3n) is 2.97. The highest BCUT2D eigenvalue weighted by molar-refractivity contribution is 5.95. The van der Waals surface area contributed by atoms with E-state index in [4.69, 9.17) is 10.5 Å². The molecular weight excluding hydrogens is 230 g/mol. The summed E-state index contributed by atoms with van der Waals surface area (Å²) in [5, 5.41) is 0. The van der Waals surface area contributed by atoms with Gasteiger partial charge in [0.25, 0.3) is 0 Å². The van der Waals surface area contributed by atoms with Crippen LogP contribution < -0.4 is 10.6 Å². The van der Waals surface area contributed by atoms with Crippen LogP contribution in [0.3, 0.4) is 0 Å². The van der Waals surface area contributed by atoms with E-state index in [1.165, 1.54) is 12.8 Å². The maximum absolute atomic E-state index is 11.9. The van der Waals surface area contributed by atoms with Gasteiger partial charge >= 0.3 is 5.97 Å². The Morgan fingerprint density at radius 2 is 2.33 bits per heavy atom. The Labute approximate surface area is 107 Å². The Morgan fingerprint density at radius 1 is 1.61 bits per heavy atom. The molecule has 0 aromatic carbocycles. The number of ether oxygens (including phenoxy) is 1. The summed E-state index contributed by atoms with van der Waals surface area (Å²) in [7, 11) is 1.94. The molecule has 1 aromatic heterocycles. The van der Waals surface area contributed by atoms with Gasteiger partial charge in [-0.1, -0.05) is 0 Å². The first-order valence-electron chi connectivity index (χ1n) is 6.25. The first-order valence-corrected chi connectivity index (χ1v) is 6.25. The van der Waals surface area contributed by atoms with E-state index in [-0.39, 0.29) is 5.97 Å². The molecule has 0 saturated heterocycles. The van der Waals surface area contributed by atoms with Crippen LogP contribution in [0.5, 0.6) is 0 Å². The Bertz CT molecular complexity index is 444. The number of aromatic nitrogens is 1. The van der Waals surface area contributed by atoms with E-state index in [2.05, 4.69) is 4.98 Å². The predicted molar refractivity (Wildman–Crippen MR) is 70.6 cm³/mol. The smallest absolute Gasteiger partial charge is 0.341 e. The van der Waals surface area contributed by atoms with Gasteiger partial charge in [-0.3, -0.25) is 0 Å². The maximum Gasteiger partial charge on any atom is 0.341 e. The van der Waals surface area contributed by atoms with Crippen molar-refractivity contribution in [3.63, 3.8) is 0 Å². The molecule has 0 radical (unpaired) electrons. The minimum atomic E-state index is -0.366. The van der Waals surface area contributed by atoms with E-state index in [1.54, 1.807) is 19.2 Å². The summed E-state index contributed by atoms with van der Waals surface area (Å²) in [6.07, 6.45) is 4.09. The summed E-state index contributed by atoms with van der Waals surface area (Å²) in [6, 6.07) is 1.63. The summed E-state index contributed by atoms with van der Waals surface area (Å²) in [6.45, 7) is 3.05. The normalized spacial score (nSPS) is 14.3. The first kappa shape index (κ1) is 12.7. The largest absolute Gasteiger partial charge is 0.462 e. The molecule has 0 bridgehead atoms. The third-order valence-corrected chi connectivity index (χ3v) is 2.97. The summed E-state index contributed by atoms with van der Waals surface area (Å²) in [4.78, 5) is 18.1. The number of nitrogen functional groups attached to an aromatic ring is 1. The lowest BCUT2D eigenvalue weighted by atomic mass is 10.2. The molecule has 1 aliphatic carbocycles. The third kappa shape index (κ3) is 2.91. The van der Waals surface area contributed by atoms with Crippen LogP contribution in [0, 0.1) is 5.92 Å². The van der Waals surface area contributed by atoms with Gasteiger partial charge in [-0.2, -0.15) is 0 Å². The number of carbonyl (C=O) groups excluding carboxylic acids is 1. The summed E-state index contributed by atoms with van der Waals surface area (Å²) in [5.74, 6) is 1.01. The average molecular weight is 249 g/mol. The minimum Gasteiger partial charge on any atom is -0.462 e. The van der Waals surface area contributed by atoms with E-state index < -0.39 is 0 Å². The van der Waals surface area contributed by atoms with Gasteiger partial charge in [0.05, 0.1) is 18.5 Å². The zero-order valence-corrected chi connectivity index (χ0v) is 10.8. The summed E-state index contributed by atoms with van der Waals surface area (Å²) < 4.78 is 5.03. The van der Waals surface area contributed by atoms with Crippen molar-refractivity contribution >= 4 is 17.5 Å². The average Bonchev–Trinajstić information content (AvgIpc) is 3.13. The van der Waals surface area contributed by atoms with Crippen LogP contribution in [0.15, 0.2) is 12.3 Å². The number of pyridine rings is 1. The van der Waals surface area contributed by atoms with Gasteiger partial charge < -0.3 is 15.4 Å². The Kier molecular flexibility index (Phi) is 3.69. The van der Waals surface area contributed by atoms with Crippen LogP contribution in [0.25, 0.3) is 0 Å². The molecule has 0 amide bonds. The number of esters is 1. The van der Waals surface area contributed by atoms with E-state index in [1.807, 2.05) is 11.9 Å². The lowest BCUT2D eigenvalue weighted by Gasteiger charge is -2.20. The van der Waals surface area contributed by atoms with E-state index in [0.29, 0.717) is 23.7 Å². The lowest BCUT2D eigenvalue weighted by molar-refractivity contribution is 0.0526. The molecule has 98 valence electrons. The highest BCUT2D eigenvalue weighted by Gasteiger charge is 2.25. The van der Waals surface area contributed by atoms with Crippen molar-refractivity contribution in [2.45, 2.75) is 19.8 Å². The van der Waals surface area contributed by atoms with Gasteiger partial charge in [-0.15, -0.1) is 0 Å². The van der Waals surface area contributed by atoms with Crippen LogP contribution in [0.1, 0.15) is 30.1 Å². The molecule has 1 aliphatic rings. The Morgan fingerprint density at radius 3 is 2.94 bits per heavy atom. The molecular formula is C13H19N3O2. The SMILES string of the molecule is CCOC(=O)c1cc(N)cnc1N(C)CC1CC1. The van der Waals surface area contributed by atoms with Gasteiger partial charge in [0.15, 0.2) is 0 Å². The monoisotopic (exact) mass is 249 g/mol. The number of carbonyl (C=O) groups is 1. The number of rotatable bonds is 5. The molecule has 5 nitrogen and oxygen atoms in total. The highest BCUT2D eigenvalue weighted by Crippen LogP contribution is 2.31. The molecule has 1 fully saturated rings. The number of hydrogen-bond acceptors (Lipinski definition) is 5. The molecule has 0 aliphatic heterocycles. The number of anilines is 2. The molecule has 18 heavy (non-hydrogen) atoms. The standard InChI is InChI=1S/C13H19N3O2/c1-3-18-13(17)11-6-10(14)7-15-12(11)16(2)8-9-4-5-9/h6-7,9H,3-5,8,14H2,1-2H3. The van der Waals surface area contributed by atoms with Crippen molar-refractivity contribution in [3.8, 4) is 0 Å². The zero-order chi connectivity index (χ0) is 13.1. The fraction of sp³-hybridized carbons (Fsp3) is 0.538. The minimum absolute atomic E-state index is 0.347. The number of nitrogens with zero attached hydrogens (tertiary/aromatic N) is 2. The zero-order valence-electron chi connectivity index (χ0n) is 10.8.